The van der Waals surface area contributed by atoms with Gasteiger partial charge < -0.3 is 15.4 Å². The van der Waals surface area contributed by atoms with Crippen LogP contribution in [0.5, 0.6) is 0 Å². The lowest BCUT2D eigenvalue weighted by molar-refractivity contribution is 0.0762. The molecule has 0 bridgehead atoms. The van der Waals surface area contributed by atoms with Crippen molar-refractivity contribution in [2.24, 2.45) is 5.73 Å². The van der Waals surface area contributed by atoms with Crippen LogP contribution in [0.15, 0.2) is 0 Å². The third-order valence-electron chi connectivity index (χ3n) is 2.80. The second kappa shape index (κ2) is 7.46. The highest BCUT2D eigenvalue weighted by Gasteiger charge is 2.21. The van der Waals surface area contributed by atoms with E-state index >= 15 is 0 Å². The van der Waals surface area contributed by atoms with Crippen molar-refractivity contribution in [2.75, 3.05) is 45.9 Å². The van der Waals surface area contributed by atoms with E-state index in [1.807, 2.05) is 0 Å². The van der Waals surface area contributed by atoms with Crippen molar-refractivity contribution < 1.29 is 9.53 Å². The number of nitrogens with two attached hydrogens (primary N) is 1. The number of amides is 1. The molecular weight excluding hydrogens is 206 g/mol. The summed E-state index contributed by atoms with van der Waals surface area (Å²) >= 11 is 0. The molecule has 2 N–H and O–H groups in total. The Balaban J connectivity index is 2.17. The van der Waals surface area contributed by atoms with E-state index in [1.54, 1.807) is 4.90 Å². The summed E-state index contributed by atoms with van der Waals surface area (Å²) in [6, 6.07) is 0. The van der Waals surface area contributed by atoms with Gasteiger partial charge in [0.1, 0.15) is 0 Å². The average Bonchev–Trinajstić information content (AvgIpc) is 2.30. The SMILES string of the molecule is CCCCOC(=O)N1CCN(CCN)CC1. The highest BCUT2D eigenvalue weighted by molar-refractivity contribution is 5.67. The summed E-state index contributed by atoms with van der Waals surface area (Å²) in [6.07, 6.45) is 1.83. The first kappa shape index (κ1) is 13.3. The molecule has 0 unspecified atom stereocenters. The first-order chi connectivity index (χ1) is 7.77. The smallest absolute Gasteiger partial charge is 0.409 e. The standard InChI is InChI=1S/C11H23N3O2/c1-2-3-10-16-11(15)14-8-6-13(5-4-12)7-9-14/h2-10,12H2,1H3. The fraction of sp³-hybridized carbons (Fsp3) is 0.909. The topological polar surface area (TPSA) is 58.8 Å². The van der Waals surface area contributed by atoms with Gasteiger partial charge in [0.25, 0.3) is 0 Å². The summed E-state index contributed by atoms with van der Waals surface area (Å²) in [7, 11) is 0. The van der Waals surface area contributed by atoms with Crippen LogP contribution in [0.3, 0.4) is 0 Å². The van der Waals surface area contributed by atoms with Crippen molar-refractivity contribution in [3.8, 4) is 0 Å². The lowest BCUT2D eigenvalue weighted by Crippen LogP contribution is -2.49. The third-order valence-corrected chi connectivity index (χ3v) is 2.80. The number of carbonyl (C=O) groups excluding carboxylic acids is 1. The van der Waals surface area contributed by atoms with Gasteiger partial charge in [-0.3, -0.25) is 4.90 Å². The highest BCUT2D eigenvalue weighted by Crippen LogP contribution is 2.03. The first-order valence-corrected chi connectivity index (χ1v) is 6.12. The molecule has 0 atom stereocenters. The van der Waals surface area contributed by atoms with Gasteiger partial charge in [-0.2, -0.15) is 0 Å². The van der Waals surface area contributed by atoms with Gasteiger partial charge in [-0.15, -0.1) is 0 Å². The van der Waals surface area contributed by atoms with Crippen LogP contribution >= 0.6 is 0 Å². The van der Waals surface area contributed by atoms with Crippen LogP contribution in [0.2, 0.25) is 0 Å². The Hall–Kier alpha value is -0.810. The van der Waals surface area contributed by atoms with Gasteiger partial charge in [0.2, 0.25) is 0 Å². The summed E-state index contributed by atoms with van der Waals surface area (Å²) in [5.74, 6) is 0. The molecular formula is C11H23N3O2. The zero-order valence-corrected chi connectivity index (χ0v) is 10.2. The van der Waals surface area contributed by atoms with E-state index in [2.05, 4.69) is 11.8 Å². The zero-order chi connectivity index (χ0) is 11.8. The molecule has 94 valence electrons. The second-order valence-corrected chi connectivity index (χ2v) is 4.09. The van der Waals surface area contributed by atoms with Gasteiger partial charge in [-0.1, -0.05) is 13.3 Å². The van der Waals surface area contributed by atoms with Crippen molar-refractivity contribution in [1.82, 2.24) is 9.80 Å². The minimum Gasteiger partial charge on any atom is -0.449 e. The van der Waals surface area contributed by atoms with Crippen molar-refractivity contribution in [3.63, 3.8) is 0 Å². The van der Waals surface area contributed by atoms with Crippen LogP contribution in [0.25, 0.3) is 0 Å². The van der Waals surface area contributed by atoms with Gasteiger partial charge in [0, 0.05) is 39.3 Å². The van der Waals surface area contributed by atoms with E-state index in [-0.39, 0.29) is 6.09 Å². The van der Waals surface area contributed by atoms with Crippen LogP contribution in [-0.4, -0.2) is 61.8 Å². The predicted octanol–water partition coefficient (Wildman–Crippen LogP) is 0.499. The number of hydrogen-bond donors (Lipinski definition) is 1. The highest BCUT2D eigenvalue weighted by atomic mass is 16.6. The monoisotopic (exact) mass is 229 g/mol. The maximum Gasteiger partial charge on any atom is 0.409 e. The molecule has 5 nitrogen and oxygen atoms in total. The first-order valence-electron chi connectivity index (χ1n) is 6.12. The van der Waals surface area contributed by atoms with Crippen LogP contribution in [-0.2, 0) is 4.74 Å². The van der Waals surface area contributed by atoms with Crippen molar-refractivity contribution in [1.29, 1.82) is 0 Å². The molecule has 0 aromatic carbocycles. The lowest BCUT2D eigenvalue weighted by atomic mass is 10.3. The fourth-order valence-corrected chi connectivity index (χ4v) is 1.73. The quantitative estimate of drug-likeness (QED) is 0.697. The number of ether oxygens (including phenoxy) is 1. The number of piperazine rings is 1. The van der Waals surface area contributed by atoms with E-state index in [1.165, 1.54) is 0 Å². The predicted molar refractivity (Wildman–Crippen MR) is 63.3 cm³/mol. The second-order valence-electron chi connectivity index (χ2n) is 4.09. The summed E-state index contributed by atoms with van der Waals surface area (Å²) < 4.78 is 5.16. The van der Waals surface area contributed by atoms with E-state index < -0.39 is 0 Å². The van der Waals surface area contributed by atoms with Gasteiger partial charge in [-0.05, 0) is 6.42 Å². The summed E-state index contributed by atoms with van der Waals surface area (Å²) in [6.45, 7) is 7.54. The lowest BCUT2D eigenvalue weighted by Gasteiger charge is -2.33. The Bertz CT molecular complexity index is 203. The van der Waals surface area contributed by atoms with Gasteiger partial charge >= 0.3 is 6.09 Å². The molecule has 0 aromatic rings. The number of nitrogens with zero attached hydrogens (tertiary/aromatic N) is 2. The van der Waals surface area contributed by atoms with Crippen molar-refractivity contribution >= 4 is 6.09 Å². The molecule has 1 heterocycles. The van der Waals surface area contributed by atoms with Gasteiger partial charge in [0.05, 0.1) is 6.61 Å². The zero-order valence-electron chi connectivity index (χ0n) is 10.2. The summed E-state index contributed by atoms with van der Waals surface area (Å²) in [4.78, 5) is 15.7. The van der Waals surface area contributed by atoms with E-state index in [9.17, 15) is 4.79 Å². The molecule has 16 heavy (non-hydrogen) atoms. The summed E-state index contributed by atoms with van der Waals surface area (Å²) in [5, 5.41) is 0. The molecule has 0 aliphatic carbocycles. The molecule has 1 amide bonds. The molecule has 0 saturated carbocycles. The van der Waals surface area contributed by atoms with Crippen LogP contribution < -0.4 is 5.73 Å². The maximum atomic E-state index is 11.6. The summed E-state index contributed by atoms with van der Waals surface area (Å²) in [5.41, 5.74) is 5.49. The molecule has 5 heteroatoms. The minimum atomic E-state index is -0.166. The average molecular weight is 229 g/mol. The Morgan fingerprint density at radius 2 is 2.00 bits per heavy atom. The van der Waals surface area contributed by atoms with Crippen LogP contribution in [0.4, 0.5) is 4.79 Å². The van der Waals surface area contributed by atoms with Crippen LogP contribution in [0.1, 0.15) is 19.8 Å². The molecule has 1 saturated heterocycles. The molecule has 1 rings (SSSR count). The van der Waals surface area contributed by atoms with E-state index in [0.717, 1.165) is 45.6 Å². The molecule has 0 aromatic heterocycles. The van der Waals surface area contributed by atoms with Gasteiger partial charge in [0.15, 0.2) is 0 Å². The third kappa shape index (κ3) is 4.37. The van der Waals surface area contributed by atoms with Gasteiger partial charge in [-0.25, -0.2) is 4.79 Å². The van der Waals surface area contributed by atoms with E-state index in [0.29, 0.717) is 13.2 Å². The van der Waals surface area contributed by atoms with Crippen LogP contribution in [0, 0.1) is 0 Å². The Morgan fingerprint density at radius 3 is 2.56 bits per heavy atom. The molecule has 1 aliphatic rings. The van der Waals surface area contributed by atoms with E-state index in [4.69, 9.17) is 10.5 Å². The molecule has 0 radical (unpaired) electrons. The normalized spacial score (nSPS) is 17.5. The largest absolute Gasteiger partial charge is 0.449 e. The van der Waals surface area contributed by atoms with Crippen molar-refractivity contribution in [2.45, 2.75) is 19.8 Å². The molecule has 1 aliphatic heterocycles. The fourth-order valence-electron chi connectivity index (χ4n) is 1.73. The Labute approximate surface area is 97.5 Å². The molecule has 1 fully saturated rings. The Kier molecular flexibility index (Phi) is 6.18. The Morgan fingerprint density at radius 1 is 1.31 bits per heavy atom. The molecule has 0 spiro atoms. The number of hydrogen-bond acceptors (Lipinski definition) is 4. The number of rotatable bonds is 5. The maximum absolute atomic E-state index is 11.6. The minimum absolute atomic E-state index is 0.166. The number of carbonyl (C=O) groups is 1. The van der Waals surface area contributed by atoms with Crippen molar-refractivity contribution in [3.05, 3.63) is 0 Å². The number of unbranched alkanes of at least 4 members (excludes halogenated alkanes) is 1.